The van der Waals surface area contributed by atoms with Gasteiger partial charge in [-0.15, -0.1) is 0 Å². The van der Waals surface area contributed by atoms with E-state index in [2.05, 4.69) is 10.4 Å². The minimum atomic E-state index is -0.395. The fraction of sp³-hybridized carbons (Fsp3) is 0.444. The molecule has 23 heavy (non-hydrogen) atoms. The minimum Gasteiger partial charge on any atom is -0.391 e. The lowest BCUT2D eigenvalue weighted by Crippen LogP contribution is -2.45. The Morgan fingerprint density at radius 1 is 1.26 bits per heavy atom. The number of hydrogen-bond acceptors (Lipinski definition) is 3. The molecule has 5 heteroatoms. The van der Waals surface area contributed by atoms with E-state index in [-0.39, 0.29) is 11.9 Å². The van der Waals surface area contributed by atoms with E-state index >= 15 is 0 Å². The molecule has 2 unspecified atom stereocenters. The van der Waals surface area contributed by atoms with Crippen molar-refractivity contribution in [1.29, 1.82) is 0 Å². The molecule has 1 aliphatic rings. The summed E-state index contributed by atoms with van der Waals surface area (Å²) in [7, 11) is 0. The molecule has 0 radical (unpaired) electrons. The highest BCUT2D eigenvalue weighted by molar-refractivity contribution is 5.76. The lowest BCUT2D eigenvalue weighted by atomic mass is 9.92. The minimum absolute atomic E-state index is 0.00316. The average molecular weight is 313 g/mol. The second kappa shape index (κ2) is 7.42. The molecule has 1 aromatic heterocycles. The van der Waals surface area contributed by atoms with Gasteiger partial charge in [0.05, 0.1) is 24.0 Å². The molecule has 3 rings (SSSR count). The van der Waals surface area contributed by atoms with Crippen LogP contribution in [0.4, 0.5) is 0 Å². The normalized spacial score (nSPS) is 21.1. The number of aliphatic hydroxyl groups is 1. The number of para-hydroxylation sites is 1. The summed E-state index contributed by atoms with van der Waals surface area (Å²) in [6.07, 6.45) is 8.22. The van der Waals surface area contributed by atoms with Gasteiger partial charge in [0.1, 0.15) is 0 Å². The van der Waals surface area contributed by atoms with Crippen LogP contribution in [0.15, 0.2) is 42.7 Å². The summed E-state index contributed by atoms with van der Waals surface area (Å²) in [4.78, 5) is 12.1. The van der Waals surface area contributed by atoms with E-state index < -0.39 is 6.10 Å². The van der Waals surface area contributed by atoms with Crippen molar-refractivity contribution in [2.75, 3.05) is 0 Å². The van der Waals surface area contributed by atoms with Crippen molar-refractivity contribution in [1.82, 2.24) is 15.1 Å². The first-order valence-electron chi connectivity index (χ1n) is 8.29. The molecule has 1 amide bonds. The average Bonchev–Trinajstić information content (AvgIpc) is 3.05. The number of rotatable bonds is 5. The first kappa shape index (κ1) is 15.7. The highest BCUT2D eigenvalue weighted by Crippen LogP contribution is 2.18. The molecule has 5 nitrogen and oxygen atoms in total. The number of carbonyl (C=O) groups excluding carboxylic acids is 1. The molecule has 0 aliphatic heterocycles. The zero-order valence-electron chi connectivity index (χ0n) is 13.2. The van der Waals surface area contributed by atoms with Crippen LogP contribution in [0.3, 0.4) is 0 Å². The van der Waals surface area contributed by atoms with Gasteiger partial charge < -0.3 is 10.4 Å². The summed E-state index contributed by atoms with van der Waals surface area (Å²) in [5.41, 5.74) is 2.04. The van der Waals surface area contributed by atoms with Crippen LogP contribution in [0.5, 0.6) is 0 Å². The molecule has 1 heterocycles. The van der Waals surface area contributed by atoms with E-state index in [1.165, 1.54) is 0 Å². The lowest BCUT2D eigenvalue weighted by Gasteiger charge is -2.28. The van der Waals surface area contributed by atoms with Gasteiger partial charge in [-0.3, -0.25) is 4.79 Å². The molecule has 0 saturated heterocycles. The Labute approximate surface area is 136 Å². The van der Waals surface area contributed by atoms with Crippen LogP contribution in [0, 0.1) is 0 Å². The number of hydrogen-bond donors (Lipinski definition) is 2. The molecule has 1 saturated carbocycles. The Hall–Kier alpha value is -2.14. The van der Waals surface area contributed by atoms with Crippen molar-refractivity contribution >= 4 is 5.91 Å². The molecular weight excluding hydrogens is 290 g/mol. The third-order valence-electron chi connectivity index (χ3n) is 4.37. The van der Waals surface area contributed by atoms with Crippen molar-refractivity contribution in [3.05, 3.63) is 48.3 Å². The van der Waals surface area contributed by atoms with Crippen LogP contribution >= 0.6 is 0 Å². The smallest absolute Gasteiger partial charge is 0.220 e. The van der Waals surface area contributed by atoms with E-state index in [1.54, 1.807) is 6.20 Å². The summed E-state index contributed by atoms with van der Waals surface area (Å²) in [5, 5.41) is 17.2. The summed E-state index contributed by atoms with van der Waals surface area (Å²) in [6.45, 7) is 0. The van der Waals surface area contributed by atoms with E-state index in [0.29, 0.717) is 12.8 Å². The van der Waals surface area contributed by atoms with Gasteiger partial charge in [-0.2, -0.15) is 5.10 Å². The number of aromatic nitrogens is 2. The van der Waals surface area contributed by atoms with Crippen molar-refractivity contribution < 1.29 is 9.90 Å². The molecule has 0 bridgehead atoms. The monoisotopic (exact) mass is 313 g/mol. The first-order chi connectivity index (χ1) is 11.2. The third kappa shape index (κ3) is 4.20. The largest absolute Gasteiger partial charge is 0.391 e. The van der Waals surface area contributed by atoms with Crippen molar-refractivity contribution in [3.8, 4) is 5.69 Å². The molecule has 1 aromatic carbocycles. The molecular formula is C18H23N3O2. The predicted octanol–water partition coefficient (Wildman–Crippen LogP) is 2.22. The maximum Gasteiger partial charge on any atom is 0.220 e. The lowest BCUT2D eigenvalue weighted by molar-refractivity contribution is -0.123. The van der Waals surface area contributed by atoms with Gasteiger partial charge in [0.15, 0.2) is 0 Å². The number of amides is 1. The van der Waals surface area contributed by atoms with E-state index in [1.807, 2.05) is 41.2 Å². The predicted molar refractivity (Wildman–Crippen MR) is 88.3 cm³/mol. The van der Waals surface area contributed by atoms with Gasteiger partial charge in [-0.25, -0.2) is 4.68 Å². The third-order valence-corrected chi connectivity index (χ3v) is 4.37. The zero-order valence-corrected chi connectivity index (χ0v) is 13.2. The molecule has 2 aromatic rings. The van der Waals surface area contributed by atoms with Gasteiger partial charge in [0, 0.05) is 12.6 Å². The van der Waals surface area contributed by atoms with Crippen molar-refractivity contribution in [3.63, 3.8) is 0 Å². The van der Waals surface area contributed by atoms with Gasteiger partial charge in [0.2, 0.25) is 5.91 Å². The molecule has 2 N–H and O–H groups in total. The van der Waals surface area contributed by atoms with Gasteiger partial charge in [0.25, 0.3) is 0 Å². The quantitative estimate of drug-likeness (QED) is 0.889. The Balaban J connectivity index is 1.50. The fourth-order valence-corrected chi connectivity index (χ4v) is 3.03. The van der Waals surface area contributed by atoms with Crippen LogP contribution in [-0.4, -0.2) is 32.9 Å². The van der Waals surface area contributed by atoms with Crippen LogP contribution in [0.25, 0.3) is 5.69 Å². The van der Waals surface area contributed by atoms with Gasteiger partial charge in [-0.1, -0.05) is 31.0 Å². The molecule has 1 fully saturated rings. The van der Waals surface area contributed by atoms with Crippen molar-refractivity contribution in [2.45, 2.75) is 50.7 Å². The fourth-order valence-electron chi connectivity index (χ4n) is 3.03. The Morgan fingerprint density at radius 3 is 2.83 bits per heavy atom. The summed E-state index contributed by atoms with van der Waals surface area (Å²) in [6, 6.07) is 9.82. The highest BCUT2D eigenvalue weighted by Gasteiger charge is 2.24. The number of nitrogens with one attached hydrogen (secondary N) is 1. The van der Waals surface area contributed by atoms with Crippen LogP contribution in [0.2, 0.25) is 0 Å². The Bertz CT molecular complexity index is 639. The van der Waals surface area contributed by atoms with E-state index in [9.17, 15) is 9.90 Å². The van der Waals surface area contributed by atoms with Gasteiger partial charge >= 0.3 is 0 Å². The number of aliphatic hydroxyl groups excluding tert-OH is 1. The molecule has 0 spiro atoms. The Morgan fingerprint density at radius 2 is 2.04 bits per heavy atom. The maximum atomic E-state index is 12.1. The van der Waals surface area contributed by atoms with Crippen LogP contribution in [0.1, 0.15) is 37.7 Å². The molecule has 122 valence electrons. The number of nitrogens with zero attached hydrogens (tertiary/aromatic N) is 2. The van der Waals surface area contributed by atoms with Crippen LogP contribution < -0.4 is 5.32 Å². The summed E-state index contributed by atoms with van der Waals surface area (Å²) in [5.74, 6) is 0.00316. The number of carbonyl (C=O) groups is 1. The van der Waals surface area contributed by atoms with Gasteiger partial charge in [-0.05, 0) is 37.0 Å². The number of benzene rings is 1. The summed E-state index contributed by atoms with van der Waals surface area (Å²) < 4.78 is 1.82. The highest BCUT2D eigenvalue weighted by atomic mass is 16.3. The second-order valence-corrected chi connectivity index (χ2v) is 6.15. The zero-order chi connectivity index (χ0) is 16.1. The standard InChI is InChI=1S/C18H23N3O2/c22-17-9-5-4-8-16(17)20-18(23)11-10-14-12-19-21(13-14)15-6-2-1-3-7-15/h1-3,6-7,12-13,16-17,22H,4-5,8-11H2,(H,20,23). The molecule has 1 aliphatic carbocycles. The van der Waals surface area contributed by atoms with E-state index in [0.717, 1.165) is 36.9 Å². The number of aryl methyl sites for hydroxylation is 1. The van der Waals surface area contributed by atoms with E-state index in [4.69, 9.17) is 0 Å². The second-order valence-electron chi connectivity index (χ2n) is 6.15. The Kier molecular flexibility index (Phi) is 5.08. The first-order valence-corrected chi connectivity index (χ1v) is 8.29. The maximum absolute atomic E-state index is 12.1. The SMILES string of the molecule is O=C(CCc1cnn(-c2ccccc2)c1)NC1CCCCC1O. The molecule has 2 atom stereocenters. The van der Waals surface area contributed by atoms with Crippen LogP contribution in [-0.2, 0) is 11.2 Å². The van der Waals surface area contributed by atoms with Crippen molar-refractivity contribution in [2.24, 2.45) is 0 Å². The topological polar surface area (TPSA) is 67.2 Å². The summed E-state index contributed by atoms with van der Waals surface area (Å²) >= 11 is 0.